The van der Waals surface area contributed by atoms with Gasteiger partial charge in [0.05, 0.1) is 11.4 Å². The lowest BCUT2D eigenvalue weighted by molar-refractivity contribution is 0.0697. The van der Waals surface area contributed by atoms with E-state index in [0.29, 0.717) is 24.2 Å². The molecule has 4 rings (SSSR count). The van der Waals surface area contributed by atoms with Crippen molar-refractivity contribution in [3.63, 3.8) is 0 Å². The summed E-state index contributed by atoms with van der Waals surface area (Å²) in [6, 6.07) is 11.6. The molecule has 2 aromatic rings. The monoisotopic (exact) mass is 467 g/mol. The van der Waals surface area contributed by atoms with E-state index in [1.165, 1.54) is 31.7 Å². The fraction of sp³-hybridized carbons (Fsp3) is 0.350. The van der Waals surface area contributed by atoms with E-state index in [4.69, 9.17) is 0 Å². The summed E-state index contributed by atoms with van der Waals surface area (Å²) in [5, 5.41) is 0. The van der Waals surface area contributed by atoms with Gasteiger partial charge in [-0.3, -0.25) is 9.10 Å². The van der Waals surface area contributed by atoms with Gasteiger partial charge in [0.15, 0.2) is 0 Å². The Morgan fingerprint density at radius 1 is 0.903 bits per heavy atom. The van der Waals surface area contributed by atoms with Gasteiger partial charge in [0.2, 0.25) is 20.0 Å². The first-order valence-corrected chi connectivity index (χ1v) is 12.9. The van der Waals surface area contributed by atoms with E-state index in [0.717, 1.165) is 6.07 Å². The fourth-order valence-corrected chi connectivity index (χ4v) is 6.86. The first-order chi connectivity index (χ1) is 14.7. The molecule has 2 aliphatic rings. The molecular weight excluding hydrogens is 445 g/mol. The van der Waals surface area contributed by atoms with Crippen LogP contribution in [0.5, 0.6) is 0 Å². The van der Waals surface area contributed by atoms with Crippen LogP contribution < -0.4 is 4.31 Å². The first kappa shape index (κ1) is 21.7. The van der Waals surface area contributed by atoms with Crippen molar-refractivity contribution in [2.75, 3.05) is 42.8 Å². The minimum absolute atomic E-state index is 0.0620. The van der Waals surface area contributed by atoms with Crippen LogP contribution in [0.1, 0.15) is 16.8 Å². The standard InChI is InChI=1S/C20H22FN3O5S2/c21-18-4-1-2-5-19(18)31(28,29)23-13-11-22(12-14-23)20(25)16-6-8-17(9-7-16)24-10-3-15-30(24,26)27/h1-2,4-9H,3,10-15H2. The molecule has 2 aliphatic heterocycles. The number of halogens is 1. The third kappa shape index (κ3) is 4.17. The smallest absolute Gasteiger partial charge is 0.253 e. The van der Waals surface area contributed by atoms with Crippen molar-refractivity contribution >= 4 is 31.6 Å². The molecule has 11 heteroatoms. The van der Waals surface area contributed by atoms with Gasteiger partial charge >= 0.3 is 0 Å². The highest BCUT2D eigenvalue weighted by molar-refractivity contribution is 7.93. The molecule has 2 heterocycles. The molecule has 0 atom stereocenters. The Morgan fingerprint density at radius 3 is 2.13 bits per heavy atom. The van der Waals surface area contributed by atoms with Gasteiger partial charge in [0.25, 0.3) is 5.91 Å². The summed E-state index contributed by atoms with van der Waals surface area (Å²) in [5.74, 6) is -0.951. The molecule has 0 N–H and O–H groups in total. The summed E-state index contributed by atoms with van der Waals surface area (Å²) < 4.78 is 65.9. The molecule has 166 valence electrons. The summed E-state index contributed by atoms with van der Waals surface area (Å²) in [4.78, 5) is 14.0. The van der Waals surface area contributed by atoms with Crippen LogP contribution in [0.25, 0.3) is 0 Å². The third-order valence-electron chi connectivity index (χ3n) is 5.48. The topological polar surface area (TPSA) is 95.1 Å². The number of benzene rings is 2. The molecule has 0 aliphatic carbocycles. The molecule has 0 bridgehead atoms. The first-order valence-electron chi connectivity index (χ1n) is 9.84. The Morgan fingerprint density at radius 2 is 1.55 bits per heavy atom. The van der Waals surface area contributed by atoms with E-state index in [1.807, 2.05) is 0 Å². The lowest BCUT2D eigenvalue weighted by atomic mass is 10.1. The third-order valence-corrected chi connectivity index (χ3v) is 9.28. The number of nitrogens with zero attached hydrogens (tertiary/aromatic N) is 3. The molecule has 2 fully saturated rings. The molecule has 8 nitrogen and oxygen atoms in total. The van der Waals surface area contributed by atoms with Gasteiger partial charge in [-0.25, -0.2) is 21.2 Å². The number of hydrogen-bond acceptors (Lipinski definition) is 5. The van der Waals surface area contributed by atoms with Crippen LogP contribution in [0.2, 0.25) is 0 Å². The van der Waals surface area contributed by atoms with Crippen molar-refractivity contribution in [1.29, 1.82) is 0 Å². The lowest BCUT2D eigenvalue weighted by Crippen LogP contribution is -2.50. The number of piperazine rings is 1. The average Bonchev–Trinajstić information content (AvgIpc) is 3.12. The molecule has 2 aromatic carbocycles. The second kappa shape index (κ2) is 8.21. The van der Waals surface area contributed by atoms with Crippen molar-refractivity contribution in [2.24, 2.45) is 0 Å². The van der Waals surface area contributed by atoms with E-state index in [9.17, 15) is 26.0 Å². The van der Waals surface area contributed by atoms with Crippen LogP contribution >= 0.6 is 0 Å². The van der Waals surface area contributed by atoms with Crippen molar-refractivity contribution in [3.8, 4) is 0 Å². The van der Waals surface area contributed by atoms with Gasteiger partial charge in [-0.05, 0) is 42.8 Å². The fourth-order valence-electron chi connectivity index (χ4n) is 3.81. The van der Waals surface area contributed by atoms with Crippen LogP contribution in [0, 0.1) is 5.82 Å². The maximum absolute atomic E-state index is 13.9. The molecule has 0 unspecified atom stereocenters. The number of rotatable bonds is 4. The summed E-state index contributed by atoms with van der Waals surface area (Å²) in [6.07, 6.45) is 0.573. The van der Waals surface area contributed by atoms with E-state index < -0.39 is 25.9 Å². The summed E-state index contributed by atoms with van der Waals surface area (Å²) in [5.41, 5.74) is 0.917. The van der Waals surface area contributed by atoms with Crippen molar-refractivity contribution in [2.45, 2.75) is 11.3 Å². The molecule has 0 saturated carbocycles. The summed E-state index contributed by atoms with van der Waals surface area (Å²) in [6.45, 7) is 0.899. The summed E-state index contributed by atoms with van der Waals surface area (Å²) >= 11 is 0. The molecule has 0 spiro atoms. The zero-order chi connectivity index (χ0) is 22.2. The molecule has 2 saturated heterocycles. The molecule has 0 radical (unpaired) electrons. The number of sulfonamides is 2. The van der Waals surface area contributed by atoms with Crippen LogP contribution in [0.3, 0.4) is 0 Å². The zero-order valence-corrected chi connectivity index (χ0v) is 18.3. The van der Waals surface area contributed by atoms with Crippen LogP contribution in [0.4, 0.5) is 10.1 Å². The normalized spacial score (nSPS) is 19.5. The van der Waals surface area contributed by atoms with E-state index in [1.54, 1.807) is 24.3 Å². The Kier molecular flexibility index (Phi) is 5.75. The van der Waals surface area contributed by atoms with E-state index >= 15 is 0 Å². The van der Waals surface area contributed by atoms with Gasteiger partial charge < -0.3 is 4.90 Å². The minimum atomic E-state index is -3.97. The van der Waals surface area contributed by atoms with Crippen LogP contribution in [-0.4, -0.2) is 70.4 Å². The van der Waals surface area contributed by atoms with Crippen molar-refractivity contribution in [3.05, 3.63) is 59.9 Å². The number of carbonyl (C=O) groups is 1. The van der Waals surface area contributed by atoms with Gasteiger partial charge in [0, 0.05) is 38.3 Å². The molecular formula is C20H22FN3O5S2. The minimum Gasteiger partial charge on any atom is -0.336 e. The Balaban J connectivity index is 1.42. The van der Waals surface area contributed by atoms with Gasteiger partial charge in [-0.1, -0.05) is 12.1 Å². The SMILES string of the molecule is O=C(c1ccc(N2CCCS2(=O)=O)cc1)N1CCN(S(=O)(=O)c2ccccc2F)CC1. The van der Waals surface area contributed by atoms with Crippen LogP contribution in [0.15, 0.2) is 53.4 Å². The van der Waals surface area contributed by atoms with E-state index in [2.05, 4.69) is 0 Å². The maximum Gasteiger partial charge on any atom is 0.253 e. The molecule has 0 aromatic heterocycles. The van der Waals surface area contributed by atoms with Gasteiger partial charge in [-0.2, -0.15) is 4.31 Å². The lowest BCUT2D eigenvalue weighted by Gasteiger charge is -2.34. The second-order valence-electron chi connectivity index (χ2n) is 7.42. The number of anilines is 1. The number of carbonyl (C=O) groups excluding carboxylic acids is 1. The molecule has 1 amide bonds. The number of hydrogen-bond donors (Lipinski definition) is 0. The highest BCUT2D eigenvalue weighted by Crippen LogP contribution is 2.25. The quantitative estimate of drug-likeness (QED) is 0.679. The second-order valence-corrected chi connectivity index (χ2v) is 11.3. The van der Waals surface area contributed by atoms with Crippen LogP contribution in [-0.2, 0) is 20.0 Å². The highest BCUT2D eigenvalue weighted by Gasteiger charge is 2.32. The number of amides is 1. The van der Waals surface area contributed by atoms with Crippen molar-refractivity contribution in [1.82, 2.24) is 9.21 Å². The molecule has 31 heavy (non-hydrogen) atoms. The summed E-state index contributed by atoms with van der Waals surface area (Å²) in [7, 11) is -7.27. The highest BCUT2D eigenvalue weighted by atomic mass is 32.2. The van der Waals surface area contributed by atoms with E-state index in [-0.39, 0.29) is 42.7 Å². The zero-order valence-electron chi connectivity index (χ0n) is 16.6. The Bertz CT molecular complexity index is 1190. The average molecular weight is 468 g/mol. The van der Waals surface area contributed by atoms with Gasteiger partial charge in [0.1, 0.15) is 10.7 Å². The maximum atomic E-state index is 13.9. The Labute approximate surface area is 181 Å². The van der Waals surface area contributed by atoms with Gasteiger partial charge in [-0.15, -0.1) is 0 Å². The predicted octanol–water partition coefficient (Wildman–Crippen LogP) is 1.51. The van der Waals surface area contributed by atoms with Crippen molar-refractivity contribution < 1.29 is 26.0 Å². The predicted molar refractivity (Wildman–Crippen MR) is 113 cm³/mol. The largest absolute Gasteiger partial charge is 0.336 e. The Hall–Kier alpha value is -2.50.